The van der Waals surface area contributed by atoms with E-state index < -0.39 is 12.6 Å². The van der Waals surface area contributed by atoms with Gasteiger partial charge in [-0.3, -0.25) is 4.79 Å². The number of nitrogens with zero attached hydrogens (tertiary/aromatic N) is 2. The zero-order valence-electron chi connectivity index (χ0n) is 16.5. The Morgan fingerprint density at radius 1 is 1.00 bits per heavy atom. The Morgan fingerprint density at radius 3 is 2.41 bits per heavy atom. The van der Waals surface area contributed by atoms with Crippen LogP contribution in [0.2, 0.25) is 10.2 Å². The minimum absolute atomic E-state index is 0.111. The van der Waals surface area contributed by atoms with Crippen LogP contribution in [-0.4, -0.2) is 27.9 Å². The van der Waals surface area contributed by atoms with Crippen molar-refractivity contribution in [2.24, 2.45) is 0 Å². The van der Waals surface area contributed by atoms with E-state index >= 15 is 0 Å². The van der Waals surface area contributed by atoms with Crippen LogP contribution in [0.25, 0.3) is 5.69 Å². The molecule has 2 aromatic heterocycles. The molecule has 0 aliphatic rings. The van der Waals surface area contributed by atoms with E-state index in [4.69, 9.17) is 27.9 Å². The highest BCUT2D eigenvalue weighted by Crippen LogP contribution is 2.23. The van der Waals surface area contributed by atoms with Crippen molar-refractivity contribution < 1.29 is 14.3 Å². The zero-order valence-corrected chi connectivity index (χ0v) is 18.1. The second kappa shape index (κ2) is 8.39. The highest BCUT2D eigenvalue weighted by Gasteiger charge is 2.20. The molecule has 1 aromatic carbocycles. The molecule has 0 radical (unpaired) electrons. The van der Waals surface area contributed by atoms with Crippen LogP contribution in [0.1, 0.15) is 43.4 Å². The van der Waals surface area contributed by atoms with Crippen molar-refractivity contribution in [1.82, 2.24) is 9.55 Å². The first-order valence-electron chi connectivity index (χ1n) is 8.98. The summed E-state index contributed by atoms with van der Waals surface area (Å²) in [6.07, 6.45) is 0. The molecule has 5 nitrogen and oxygen atoms in total. The second-order valence-electron chi connectivity index (χ2n) is 6.85. The maximum absolute atomic E-state index is 12.7. The van der Waals surface area contributed by atoms with Crippen molar-refractivity contribution in [2.45, 2.75) is 27.7 Å². The molecule has 150 valence electrons. The van der Waals surface area contributed by atoms with E-state index in [2.05, 4.69) is 24.0 Å². The summed E-state index contributed by atoms with van der Waals surface area (Å²) in [4.78, 5) is 28.8. The molecule has 0 bridgehead atoms. The van der Waals surface area contributed by atoms with Gasteiger partial charge in [0.2, 0.25) is 5.78 Å². The molecule has 0 atom stereocenters. The van der Waals surface area contributed by atoms with Gasteiger partial charge in [-0.25, -0.2) is 9.78 Å². The lowest BCUT2D eigenvalue weighted by Gasteiger charge is -2.12. The predicted octanol–water partition coefficient (Wildman–Crippen LogP) is 5.45. The SMILES string of the molecule is Cc1ccc(-n2c(C)cc(C(=O)COC(=O)c3nc(Cl)ccc3Cl)c2C)cc1C. The first kappa shape index (κ1) is 21.1. The first-order valence-corrected chi connectivity index (χ1v) is 9.73. The van der Waals surface area contributed by atoms with Crippen LogP contribution in [0.4, 0.5) is 0 Å². The van der Waals surface area contributed by atoms with Crippen molar-refractivity contribution >= 4 is 35.0 Å². The van der Waals surface area contributed by atoms with Gasteiger partial charge in [0.05, 0.1) is 5.02 Å². The average molecular weight is 431 g/mol. The maximum atomic E-state index is 12.7. The number of aryl methyl sites for hydroxylation is 3. The smallest absolute Gasteiger partial charge is 0.359 e. The Balaban J connectivity index is 1.80. The van der Waals surface area contributed by atoms with E-state index in [-0.39, 0.29) is 21.7 Å². The summed E-state index contributed by atoms with van der Waals surface area (Å²) in [6.45, 7) is 7.49. The molecule has 0 fully saturated rings. The van der Waals surface area contributed by atoms with Crippen molar-refractivity contribution in [3.05, 3.63) is 80.3 Å². The van der Waals surface area contributed by atoms with Gasteiger partial charge in [0.25, 0.3) is 0 Å². The van der Waals surface area contributed by atoms with Gasteiger partial charge in [0.1, 0.15) is 5.15 Å². The summed E-state index contributed by atoms with van der Waals surface area (Å²) in [7, 11) is 0. The quantitative estimate of drug-likeness (QED) is 0.306. The van der Waals surface area contributed by atoms with Crippen LogP contribution in [0.3, 0.4) is 0 Å². The highest BCUT2D eigenvalue weighted by atomic mass is 35.5. The standard InChI is InChI=1S/C22H20Cl2N2O3/c1-12-5-6-16(9-13(12)2)26-14(3)10-17(15(26)4)19(27)11-29-22(28)21-18(23)7-8-20(24)25-21/h5-10H,11H2,1-4H3. The number of rotatable bonds is 5. The maximum Gasteiger partial charge on any atom is 0.359 e. The monoisotopic (exact) mass is 430 g/mol. The summed E-state index contributed by atoms with van der Waals surface area (Å²) in [6, 6.07) is 10.9. The summed E-state index contributed by atoms with van der Waals surface area (Å²) < 4.78 is 7.13. The van der Waals surface area contributed by atoms with Gasteiger partial charge < -0.3 is 9.30 Å². The average Bonchev–Trinajstić information content (AvgIpc) is 2.98. The lowest BCUT2D eigenvalue weighted by Crippen LogP contribution is -2.16. The topological polar surface area (TPSA) is 61.2 Å². The van der Waals surface area contributed by atoms with E-state index in [1.54, 1.807) is 6.07 Å². The van der Waals surface area contributed by atoms with E-state index in [9.17, 15) is 9.59 Å². The van der Waals surface area contributed by atoms with Gasteiger partial charge in [-0.2, -0.15) is 0 Å². The van der Waals surface area contributed by atoms with Crippen molar-refractivity contribution in [2.75, 3.05) is 6.61 Å². The Hall–Kier alpha value is -2.63. The molecule has 0 aliphatic carbocycles. The summed E-state index contributed by atoms with van der Waals surface area (Å²) in [5.74, 6) is -1.10. The number of hydrogen-bond acceptors (Lipinski definition) is 4. The van der Waals surface area contributed by atoms with Crippen LogP contribution in [0.5, 0.6) is 0 Å². The highest BCUT2D eigenvalue weighted by molar-refractivity contribution is 6.34. The molecule has 0 amide bonds. The zero-order chi connectivity index (χ0) is 21.3. The number of aromatic nitrogens is 2. The van der Waals surface area contributed by atoms with Gasteiger partial charge >= 0.3 is 5.97 Å². The molecular formula is C22H20Cl2N2O3. The van der Waals surface area contributed by atoms with E-state index in [0.29, 0.717) is 5.56 Å². The Bertz CT molecular complexity index is 1120. The van der Waals surface area contributed by atoms with Crippen LogP contribution in [0, 0.1) is 27.7 Å². The number of benzene rings is 1. The first-order chi connectivity index (χ1) is 13.7. The summed E-state index contributed by atoms with van der Waals surface area (Å²) in [5.41, 5.74) is 5.43. The third-order valence-corrected chi connectivity index (χ3v) is 5.34. The van der Waals surface area contributed by atoms with Gasteiger partial charge in [-0.15, -0.1) is 0 Å². The molecule has 0 aliphatic heterocycles. The van der Waals surface area contributed by atoms with E-state index in [1.807, 2.05) is 31.4 Å². The molecule has 0 saturated carbocycles. The molecule has 7 heteroatoms. The van der Waals surface area contributed by atoms with Crippen LogP contribution in [0.15, 0.2) is 36.4 Å². The summed E-state index contributed by atoms with van der Waals surface area (Å²) in [5, 5.41) is 0.226. The molecule has 2 heterocycles. The predicted molar refractivity (Wildman–Crippen MR) is 114 cm³/mol. The Morgan fingerprint density at radius 2 is 1.72 bits per heavy atom. The fourth-order valence-corrected chi connectivity index (χ4v) is 3.48. The largest absolute Gasteiger partial charge is 0.453 e. The second-order valence-corrected chi connectivity index (χ2v) is 7.65. The summed E-state index contributed by atoms with van der Waals surface area (Å²) >= 11 is 11.7. The normalized spacial score (nSPS) is 10.8. The fourth-order valence-electron chi connectivity index (χ4n) is 3.15. The lowest BCUT2D eigenvalue weighted by molar-refractivity contribution is 0.0469. The third-order valence-electron chi connectivity index (χ3n) is 4.82. The molecule has 3 rings (SSSR count). The van der Waals surface area contributed by atoms with Gasteiger partial charge in [-0.1, -0.05) is 29.3 Å². The van der Waals surface area contributed by atoms with Crippen molar-refractivity contribution in [3.63, 3.8) is 0 Å². The van der Waals surface area contributed by atoms with Crippen LogP contribution in [-0.2, 0) is 4.74 Å². The Kier molecular flexibility index (Phi) is 6.10. The van der Waals surface area contributed by atoms with Gasteiger partial charge in [0, 0.05) is 22.6 Å². The molecular weight excluding hydrogens is 411 g/mol. The number of ketones is 1. The van der Waals surface area contributed by atoms with Gasteiger partial charge in [-0.05, 0) is 69.2 Å². The number of carbonyl (C=O) groups excluding carboxylic acids is 2. The fraction of sp³-hybridized carbons (Fsp3) is 0.227. The molecule has 0 unspecified atom stereocenters. The molecule has 0 N–H and O–H groups in total. The third kappa shape index (κ3) is 4.36. The van der Waals surface area contributed by atoms with Gasteiger partial charge in [0.15, 0.2) is 12.3 Å². The molecule has 29 heavy (non-hydrogen) atoms. The minimum Gasteiger partial charge on any atom is -0.453 e. The van der Waals surface area contributed by atoms with Crippen LogP contribution < -0.4 is 0 Å². The number of carbonyl (C=O) groups is 2. The number of hydrogen-bond donors (Lipinski definition) is 0. The number of pyridine rings is 1. The van der Waals surface area contributed by atoms with E-state index in [0.717, 1.165) is 17.1 Å². The van der Waals surface area contributed by atoms with Crippen molar-refractivity contribution in [3.8, 4) is 5.69 Å². The molecule has 3 aromatic rings. The molecule has 0 spiro atoms. The minimum atomic E-state index is -0.797. The van der Waals surface area contributed by atoms with Crippen molar-refractivity contribution in [1.29, 1.82) is 0 Å². The number of ether oxygens (including phenoxy) is 1. The number of esters is 1. The Labute approximate surface area is 179 Å². The van der Waals surface area contributed by atoms with E-state index in [1.165, 1.54) is 23.3 Å². The lowest BCUT2D eigenvalue weighted by atomic mass is 10.1. The number of halogens is 2. The van der Waals surface area contributed by atoms with Crippen LogP contribution >= 0.6 is 23.2 Å². The number of Topliss-reactive ketones (excluding diaryl/α,β-unsaturated/α-hetero) is 1. The molecule has 0 saturated heterocycles.